The molecular weight excluding hydrogens is 166 g/mol. The Bertz CT molecular complexity index is 514. The first-order valence-electron chi connectivity index (χ1n) is 4.07. The van der Waals surface area contributed by atoms with Crippen LogP contribution in [-0.4, -0.2) is 0 Å². The van der Waals surface area contributed by atoms with E-state index in [0.717, 1.165) is 10.9 Å². The third-order valence-corrected chi connectivity index (χ3v) is 1.98. The van der Waals surface area contributed by atoms with Gasteiger partial charge in [-0.25, -0.2) is 0 Å². The Balaban J connectivity index is 2.89. The SMILES string of the molecule is Cc1ccc2oc(=O)[n+](C)cc2c1. The lowest BCUT2D eigenvalue weighted by atomic mass is 10.2. The molecule has 1 aromatic carbocycles. The number of benzene rings is 1. The maximum Gasteiger partial charge on any atom is 0.601 e. The molecule has 0 aliphatic rings. The van der Waals surface area contributed by atoms with E-state index in [4.69, 9.17) is 4.42 Å². The average Bonchev–Trinajstić information content (AvgIpc) is 2.08. The first-order chi connectivity index (χ1) is 6.16. The van der Waals surface area contributed by atoms with Crippen molar-refractivity contribution in [3.8, 4) is 0 Å². The average molecular weight is 176 g/mol. The highest BCUT2D eigenvalue weighted by Crippen LogP contribution is 2.11. The van der Waals surface area contributed by atoms with Crippen LogP contribution in [0.25, 0.3) is 11.0 Å². The summed E-state index contributed by atoms with van der Waals surface area (Å²) < 4.78 is 6.49. The Hall–Kier alpha value is -1.64. The van der Waals surface area contributed by atoms with Gasteiger partial charge < -0.3 is 4.42 Å². The van der Waals surface area contributed by atoms with Crippen LogP contribution >= 0.6 is 0 Å². The van der Waals surface area contributed by atoms with E-state index >= 15 is 0 Å². The summed E-state index contributed by atoms with van der Waals surface area (Å²) in [4.78, 5) is 11.1. The maximum atomic E-state index is 11.1. The Morgan fingerprint density at radius 3 is 2.92 bits per heavy atom. The topological polar surface area (TPSA) is 34.1 Å². The van der Waals surface area contributed by atoms with Crippen LogP contribution in [-0.2, 0) is 7.05 Å². The van der Waals surface area contributed by atoms with Gasteiger partial charge >= 0.3 is 5.76 Å². The van der Waals surface area contributed by atoms with Crippen molar-refractivity contribution in [3.63, 3.8) is 0 Å². The normalized spacial score (nSPS) is 10.6. The van der Waals surface area contributed by atoms with Gasteiger partial charge in [0.1, 0.15) is 7.05 Å². The van der Waals surface area contributed by atoms with Gasteiger partial charge in [-0.15, -0.1) is 4.57 Å². The third kappa shape index (κ3) is 1.33. The molecule has 13 heavy (non-hydrogen) atoms. The highest BCUT2D eigenvalue weighted by atomic mass is 16.4. The minimum Gasteiger partial charge on any atom is -0.372 e. The third-order valence-electron chi connectivity index (χ3n) is 1.98. The molecule has 2 aromatic rings. The lowest BCUT2D eigenvalue weighted by Crippen LogP contribution is -2.44. The second-order valence-electron chi connectivity index (χ2n) is 3.15. The minimum absolute atomic E-state index is 0.337. The van der Waals surface area contributed by atoms with E-state index in [0.29, 0.717) is 5.58 Å². The molecule has 3 heteroatoms. The van der Waals surface area contributed by atoms with Crippen LogP contribution in [0.4, 0.5) is 0 Å². The molecule has 0 N–H and O–H groups in total. The summed E-state index contributed by atoms with van der Waals surface area (Å²) >= 11 is 0. The zero-order valence-electron chi connectivity index (χ0n) is 7.57. The van der Waals surface area contributed by atoms with Crippen LogP contribution in [0, 0.1) is 6.92 Å². The number of nitrogens with zero attached hydrogens (tertiary/aromatic N) is 1. The molecule has 0 amide bonds. The number of rotatable bonds is 0. The second-order valence-corrected chi connectivity index (χ2v) is 3.15. The summed E-state index contributed by atoms with van der Waals surface area (Å²) in [7, 11) is 1.67. The smallest absolute Gasteiger partial charge is 0.372 e. The molecule has 0 unspecified atom stereocenters. The summed E-state index contributed by atoms with van der Waals surface area (Å²) in [5, 5.41) is 0.946. The molecule has 0 saturated carbocycles. The van der Waals surface area contributed by atoms with Crippen molar-refractivity contribution in [1.82, 2.24) is 0 Å². The van der Waals surface area contributed by atoms with E-state index in [1.165, 1.54) is 4.57 Å². The van der Waals surface area contributed by atoms with Crippen LogP contribution in [0.15, 0.2) is 33.6 Å². The predicted molar refractivity (Wildman–Crippen MR) is 48.4 cm³/mol. The first-order valence-corrected chi connectivity index (χ1v) is 4.07. The molecule has 2 rings (SSSR count). The van der Waals surface area contributed by atoms with Gasteiger partial charge in [0.15, 0.2) is 11.8 Å². The number of aromatic nitrogens is 1. The first kappa shape index (κ1) is 7.98. The van der Waals surface area contributed by atoms with Gasteiger partial charge in [-0.2, -0.15) is 4.79 Å². The largest absolute Gasteiger partial charge is 0.601 e. The molecule has 0 radical (unpaired) electrons. The van der Waals surface area contributed by atoms with Gasteiger partial charge in [0.2, 0.25) is 0 Å². The predicted octanol–water partition coefficient (Wildman–Crippen LogP) is 0.926. The van der Waals surface area contributed by atoms with Crippen molar-refractivity contribution >= 4 is 11.0 Å². The lowest BCUT2D eigenvalue weighted by molar-refractivity contribution is -0.696. The summed E-state index contributed by atoms with van der Waals surface area (Å²) in [5.74, 6) is -0.337. The zero-order valence-corrected chi connectivity index (χ0v) is 7.57. The maximum absolute atomic E-state index is 11.1. The van der Waals surface area contributed by atoms with Crippen molar-refractivity contribution < 1.29 is 8.98 Å². The molecule has 1 heterocycles. The van der Waals surface area contributed by atoms with Gasteiger partial charge in [-0.3, -0.25) is 0 Å². The number of fused-ring (bicyclic) bond motifs is 1. The lowest BCUT2D eigenvalue weighted by Gasteiger charge is -1.94. The van der Waals surface area contributed by atoms with Crippen molar-refractivity contribution in [2.24, 2.45) is 7.05 Å². The summed E-state index contributed by atoms with van der Waals surface area (Å²) in [5.41, 5.74) is 1.79. The van der Waals surface area contributed by atoms with Crippen LogP contribution in [0.1, 0.15) is 5.56 Å². The standard InChI is InChI=1S/C10H10NO2/c1-7-3-4-9-8(5-7)6-11(2)10(12)13-9/h3-6H,1-2H3/q+1. The fourth-order valence-corrected chi connectivity index (χ4v) is 1.29. The van der Waals surface area contributed by atoms with Crippen molar-refractivity contribution in [2.75, 3.05) is 0 Å². The summed E-state index contributed by atoms with van der Waals surface area (Å²) in [6, 6.07) is 5.72. The van der Waals surface area contributed by atoms with Crippen molar-refractivity contribution in [3.05, 3.63) is 40.5 Å². The Kier molecular flexibility index (Phi) is 1.65. The molecule has 0 atom stereocenters. The Morgan fingerprint density at radius 1 is 1.38 bits per heavy atom. The second kappa shape index (κ2) is 2.69. The van der Waals surface area contributed by atoms with Gasteiger partial charge in [-0.1, -0.05) is 11.6 Å². The highest BCUT2D eigenvalue weighted by molar-refractivity contribution is 5.75. The van der Waals surface area contributed by atoms with Crippen LogP contribution in [0.2, 0.25) is 0 Å². The van der Waals surface area contributed by atoms with E-state index in [2.05, 4.69) is 0 Å². The monoisotopic (exact) mass is 176 g/mol. The van der Waals surface area contributed by atoms with E-state index < -0.39 is 0 Å². The number of aryl methyl sites for hydroxylation is 2. The van der Waals surface area contributed by atoms with Gasteiger partial charge in [0.05, 0.1) is 5.39 Å². The minimum atomic E-state index is -0.337. The summed E-state index contributed by atoms with van der Waals surface area (Å²) in [6.07, 6.45) is 1.77. The Labute approximate surface area is 75.2 Å². The van der Waals surface area contributed by atoms with Crippen LogP contribution < -0.4 is 10.3 Å². The molecule has 0 aliphatic carbocycles. The number of hydrogen-bond acceptors (Lipinski definition) is 2. The fourth-order valence-electron chi connectivity index (χ4n) is 1.29. The quantitative estimate of drug-likeness (QED) is 0.559. The van der Waals surface area contributed by atoms with E-state index in [1.807, 2.05) is 25.1 Å². The molecule has 66 valence electrons. The molecule has 0 bridgehead atoms. The molecule has 0 aliphatic heterocycles. The molecule has 3 nitrogen and oxygen atoms in total. The fraction of sp³-hybridized carbons (Fsp3) is 0.200. The van der Waals surface area contributed by atoms with E-state index in [9.17, 15) is 4.79 Å². The van der Waals surface area contributed by atoms with Crippen molar-refractivity contribution in [2.45, 2.75) is 6.92 Å². The molecule has 1 aromatic heterocycles. The van der Waals surface area contributed by atoms with E-state index in [1.54, 1.807) is 13.2 Å². The van der Waals surface area contributed by atoms with Gasteiger partial charge in [0, 0.05) is 0 Å². The zero-order chi connectivity index (χ0) is 9.42. The van der Waals surface area contributed by atoms with E-state index in [-0.39, 0.29) is 5.76 Å². The van der Waals surface area contributed by atoms with Crippen molar-refractivity contribution in [1.29, 1.82) is 0 Å². The molecule has 0 fully saturated rings. The molecule has 0 spiro atoms. The molecule has 0 saturated heterocycles. The Morgan fingerprint density at radius 2 is 2.15 bits per heavy atom. The van der Waals surface area contributed by atoms with Gasteiger partial charge in [-0.05, 0) is 19.1 Å². The van der Waals surface area contributed by atoms with Crippen LogP contribution in [0.3, 0.4) is 0 Å². The molecular formula is C10H10NO2+. The summed E-state index contributed by atoms with van der Waals surface area (Å²) in [6.45, 7) is 2.00. The van der Waals surface area contributed by atoms with Gasteiger partial charge in [0.25, 0.3) is 0 Å². The van der Waals surface area contributed by atoms with Crippen LogP contribution in [0.5, 0.6) is 0 Å². The number of hydrogen-bond donors (Lipinski definition) is 0. The highest BCUT2D eigenvalue weighted by Gasteiger charge is 2.06.